The Kier molecular flexibility index (Phi) is 6.55. The number of aryl methyl sites for hydroxylation is 1. The van der Waals surface area contributed by atoms with Crippen LogP contribution in [0.3, 0.4) is 0 Å². The maximum atomic E-state index is 13.3. The van der Waals surface area contributed by atoms with Gasteiger partial charge in [-0.3, -0.25) is 9.78 Å². The summed E-state index contributed by atoms with van der Waals surface area (Å²) in [5, 5.41) is 0. The van der Waals surface area contributed by atoms with Gasteiger partial charge < -0.3 is 9.64 Å². The van der Waals surface area contributed by atoms with Crippen molar-refractivity contribution < 1.29 is 9.53 Å². The number of amides is 1. The molecule has 0 saturated carbocycles. The Bertz CT molecular complexity index is 1020. The zero-order valence-corrected chi connectivity index (χ0v) is 18.1. The molecule has 0 spiro atoms. The maximum absolute atomic E-state index is 13.3. The molecule has 1 fully saturated rings. The van der Waals surface area contributed by atoms with Gasteiger partial charge in [-0.05, 0) is 54.7 Å². The van der Waals surface area contributed by atoms with Crippen molar-refractivity contribution in [1.82, 2.24) is 19.9 Å². The Morgan fingerprint density at radius 3 is 2.65 bits per heavy atom. The second kappa shape index (κ2) is 9.69. The van der Waals surface area contributed by atoms with E-state index in [-0.39, 0.29) is 11.9 Å². The van der Waals surface area contributed by atoms with Crippen molar-refractivity contribution in [3.8, 4) is 16.9 Å². The fourth-order valence-electron chi connectivity index (χ4n) is 4.15. The molecule has 31 heavy (non-hydrogen) atoms. The largest absolute Gasteiger partial charge is 0.497 e. The Balaban J connectivity index is 1.63. The van der Waals surface area contributed by atoms with Gasteiger partial charge in [0.15, 0.2) is 0 Å². The summed E-state index contributed by atoms with van der Waals surface area (Å²) in [6.45, 7) is 2.88. The zero-order chi connectivity index (χ0) is 21.6. The molecule has 1 saturated heterocycles. The number of pyridine rings is 1. The van der Waals surface area contributed by atoms with Gasteiger partial charge in [0.05, 0.1) is 25.3 Å². The molecule has 2 aromatic heterocycles. The smallest absolute Gasteiger partial charge is 0.227 e. The summed E-state index contributed by atoms with van der Waals surface area (Å²) in [6.07, 6.45) is 9.54. The van der Waals surface area contributed by atoms with Crippen LogP contribution in [-0.2, 0) is 17.6 Å². The van der Waals surface area contributed by atoms with Crippen LogP contribution in [0.5, 0.6) is 5.75 Å². The summed E-state index contributed by atoms with van der Waals surface area (Å²) in [5.74, 6) is 1.76. The van der Waals surface area contributed by atoms with Crippen molar-refractivity contribution in [3.63, 3.8) is 0 Å². The lowest BCUT2D eigenvalue weighted by atomic mass is 10.00. The number of methoxy groups -OCH3 is 1. The minimum Gasteiger partial charge on any atom is -0.497 e. The molecule has 1 amide bonds. The highest BCUT2D eigenvalue weighted by Crippen LogP contribution is 2.36. The first-order chi connectivity index (χ1) is 15.2. The molecule has 1 aliphatic heterocycles. The molecule has 6 nitrogen and oxygen atoms in total. The lowest BCUT2D eigenvalue weighted by molar-refractivity contribution is -0.131. The molecule has 1 aromatic carbocycles. The highest BCUT2D eigenvalue weighted by Gasteiger charge is 2.33. The van der Waals surface area contributed by atoms with Gasteiger partial charge in [0.1, 0.15) is 11.6 Å². The SMILES string of the molecule is CCCc1ncc(-c2ccncc2)c(C2CCCN2C(=O)Cc2ccc(OC)cc2)n1. The first-order valence-electron chi connectivity index (χ1n) is 10.9. The van der Waals surface area contributed by atoms with E-state index in [1.165, 1.54) is 0 Å². The lowest BCUT2D eigenvalue weighted by Crippen LogP contribution is -2.32. The van der Waals surface area contributed by atoms with E-state index in [9.17, 15) is 4.79 Å². The summed E-state index contributed by atoms with van der Waals surface area (Å²) >= 11 is 0. The van der Waals surface area contributed by atoms with E-state index < -0.39 is 0 Å². The first-order valence-corrected chi connectivity index (χ1v) is 10.9. The van der Waals surface area contributed by atoms with E-state index in [0.717, 1.165) is 66.2 Å². The van der Waals surface area contributed by atoms with Crippen LogP contribution in [0.1, 0.15) is 49.3 Å². The van der Waals surface area contributed by atoms with Crippen molar-refractivity contribution >= 4 is 5.91 Å². The fourth-order valence-corrected chi connectivity index (χ4v) is 4.15. The van der Waals surface area contributed by atoms with Crippen LogP contribution < -0.4 is 4.74 Å². The molecule has 1 unspecified atom stereocenters. The minimum absolute atomic E-state index is 0.0347. The first kappa shape index (κ1) is 21.0. The van der Waals surface area contributed by atoms with Gasteiger partial charge >= 0.3 is 0 Å². The lowest BCUT2D eigenvalue weighted by Gasteiger charge is -2.26. The van der Waals surface area contributed by atoms with E-state index in [4.69, 9.17) is 9.72 Å². The fraction of sp³-hybridized carbons (Fsp3) is 0.360. The molecular weight excluding hydrogens is 388 g/mol. The number of benzene rings is 1. The summed E-state index contributed by atoms with van der Waals surface area (Å²) in [4.78, 5) is 28.9. The minimum atomic E-state index is -0.0347. The number of carbonyl (C=O) groups is 1. The number of hydrogen-bond acceptors (Lipinski definition) is 5. The number of likely N-dealkylation sites (tertiary alicyclic amines) is 1. The molecule has 6 heteroatoms. The Labute approximate surface area is 183 Å². The molecule has 0 aliphatic carbocycles. The van der Waals surface area contributed by atoms with Gasteiger partial charge in [0.2, 0.25) is 5.91 Å². The summed E-state index contributed by atoms with van der Waals surface area (Å²) in [7, 11) is 1.64. The standard InChI is InChI=1S/C25H28N4O2/c1-3-5-23-27-17-21(19-11-13-26-14-12-19)25(28-23)22-6-4-15-29(22)24(30)16-18-7-9-20(31-2)10-8-18/h7-14,17,22H,3-6,15-16H2,1-2H3. The van der Waals surface area contributed by atoms with Crippen molar-refractivity contribution in [2.45, 2.75) is 45.1 Å². The number of rotatable bonds is 7. The monoisotopic (exact) mass is 416 g/mol. The van der Waals surface area contributed by atoms with E-state index in [1.54, 1.807) is 19.5 Å². The van der Waals surface area contributed by atoms with Crippen molar-refractivity contribution in [2.24, 2.45) is 0 Å². The van der Waals surface area contributed by atoms with Crippen LogP contribution in [0, 0.1) is 0 Å². The van der Waals surface area contributed by atoms with Crippen molar-refractivity contribution in [3.05, 3.63) is 72.1 Å². The van der Waals surface area contributed by atoms with E-state index in [1.807, 2.05) is 47.5 Å². The Hall–Kier alpha value is -3.28. The molecule has 1 aliphatic rings. The van der Waals surface area contributed by atoms with Gasteiger partial charge in [-0.15, -0.1) is 0 Å². The zero-order valence-electron chi connectivity index (χ0n) is 18.1. The summed E-state index contributed by atoms with van der Waals surface area (Å²) in [6, 6.07) is 11.6. The van der Waals surface area contributed by atoms with Gasteiger partial charge in [0.25, 0.3) is 0 Å². The predicted octanol–water partition coefficient (Wildman–Crippen LogP) is 4.41. The Morgan fingerprint density at radius 1 is 1.16 bits per heavy atom. The summed E-state index contributed by atoms with van der Waals surface area (Å²) < 4.78 is 5.22. The van der Waals surface area contributed by atoms with Crippen molar-refractivity contribution in [2.75, 3.05) is 13.7 Å². The number of nitrogens with zero attached hydrogens (tertiary/aromatic N) is 4. The third kappa shape index (κ3) is 4.74. The van der Waals surface area contributed by atoms with Crippen molar-refractivity contribution in [1.29, 1.82) is 0 Å². The van der Waals surface area contributed by atoms with Crippen LogP contribution in [0.2, 0.25) is 0 Å². The molecule has 0 bridgehead atoms. The van der Waals surface area contributed by atoms with Crippen LogP contribution in [0.15, 0.2) is 55.0 Å². The molecular formula is C25H28N4O2. The van der Waals surface area contributed by atoms with Gasteiger partial charge in [0, 0.05) is 37.1 Å². The number of ether oxygens (including phenoxy) is 1. The average Bonchev–Trinajstić information content (AvgIpc) is 3.30. The number of hydrogen-bond donors (Lipinski definition) is 0. The van der Waals surface area contributed by atoms with Gasteiger partial charge in [-0.1, -0.05) is 19.1 Å². The van der Waals surface area contributed by atoms with Crippen LogP contribution in [0.25, 0.3) is 11.1 Å². The highest BCUT2D eigenvalue weighted by atomic mass is 16.5. The quantitative estimate of drug-likeness (QED) is 0.571. The molecule has 3 heterocycles. The van der Waals surface area contributed by atoms with Gasteiger partial charge in [-0.2, -0.15) is 0 Å². The van der Waals surface area contributed by atoms with Crippen LogP contribution in [-0.4, -0.2) is 39.4 Å². The Morgan fingerprint density at radius 2 is 1.94 bits per heavy atom. The molecule has 160 valence electrons. The topological polar surface area (TPSA) is 68.2 Å². The molecule has 0 radical (unpaired) electrons. The average molecular weight is 417 g/mol. The third-order valence-corrected chi connectivity index (χ3v) is 5.74. The molecule has 1 atom stereocenters. The number of carbonyl (C=O) groups excluding carboxylic acids is 1. The van der Waals surface area contributed by atoms with Crippen LogP contribution in [0.4, 0.5) is 0 Å². The summed E-state index contributed by atoms with van der Waals surface area (Å²) in [5.41, 5.74) is 3.95. The van der Waals surface area contributed by atoms with E-state index >= 15 is 0 Å². The van der Waals surface area contributed by atoms with E-state index in [0.29, 0.717) is 6.42 Å². The molecule has 0 N–H and O–H groups in total. The van der Waals surface area contributed by atoms with Crippen LogP contribution >= 0.6 is 0 Å². The maximum Gasteiger partial charge on any atom is 0.227 e. The second-order valence-corrected chi connectivity index (χ2v) is 7.84. The normalized spacial score (nSPS) is 15.8. The second-order valence-electron chi connectivity index (χ2n) is 7.84. The van der Waals surface area contributed by atoms with Gasteiger partial charge in [-0.25, -0.2) is 9.97 Å². The third-order valence-electron chi connectivity index (χ3n) is 5.74. The highest BCUT2D eigenvalue weighted by molar-refractivity contribution is 5.80. The molecule has 4 rings (SSSR count). The molecule has 3 aromatic rings. The predicted molar refractivity (Wildman–Crippen MR) is 120 cm³/mol. The van der Waals surface area contributed by atoms with E-state index in [2.05, 4.69) is 16.9 Å². The number of aromatic nitrogens is 3.